The Bertz CT molecular complexity index is 459. The summed E-state index contributed by atoms with van der Waals surface area (Å²) in [5.41, 5.74) is -0.944. The minimum absolute atomic E-state index is 0.416. The van der Waals surface area contributed by atoms with Gasteiger partial charge in [-0.25, -0.2) is 9.59 Å². The number of carbonyl (C=O) groups is 2. The first-order chi connectivity index (χ1) is 9.00. The summed E-state index contributed by atoms with van der Waals surface area (Å²) in [6, 6.07) is 8.06. The Balaban J connectivity index is 2.81. The molecule has 0 saturated carbocycles. The van der Waals surface area contributed by atoms with E-state index in [1.165, 1.54) is 6.92 Å². The van der Waals surface area contributed by atoms with Crippen LogP contribution in [-0.2, 0) is 10.3 Å². The second-order valence-corrected chi connectivity index (χ2v) is 4.25. The average Bonchev–Trinajstić information content (AvgIpc) is 2.39. The van der Waals surface area contributed by atoms with Gasteiger partial charge in [-0.05, 0) is 18.9 Å². The van der Waals surface area contributed by atoms with Gasteiger partial charge in [-0.15, -0.1) is 6.58 Å². The van der Waals surface area contributed by atoms with E-state index in [2.05, 4.69) is 17.2 Å². The van der Waals surface area contributed by atoms with Crippen molar-refractivity contribution in [1.29, 1.82) is 0 Å². The van der Waals surface area contributed by atoms with Crippen molar-refractivity contribution in [3.05, 3.63) is 48.6 Å². The normalized spacial score (nSPS) is 13.1. The van der Waals surface area contributed by atoms with Crippen LogP contribution in [0.2, 0.25) is 0 Å². The molecule has 1 aromatic carbocycles. The van der Waals surface area contributed by atoms with Crippen LogP contribution in [-0.4, -0.2) is 23.7 Å². The van der Waals surface area contributed by atoms with Gasteiger partial charge in [0.05, 0.1) is 0 Å². The minimum Gasteiger partial charge on any atom is -0.479 e. The summed E-state index contributed by atoms with van der Waals surface area (Å²) in [7, 11) is 0. The molecule has 1 rings (SSSR count). The van der Waals surface area contributed by atoms with Crippen molar-refractivity contribution in [2.45, 2.75) is 18.9 Å². The second kappa shape index (κ2) is 6.58. The van der Waals surface area contributed by atoms with Crippen molar-refractivity contribution >= 4 is 12.0 Å². The lowest BCUT2D eigenvalue weighted by molar-refractivity contribution is -0.144. The predicted octanol–water partition coefficient (Wildman–Crippen LogP) is 1.86. The lowest BCUT2D eigenvalue weighted by Gasteiger charge is -2.26. The summed E-state index contributed by atoms with van der Waals surface area (Å²) in [5, 5.41) is 14.4. The van der Waals surface area contributed by atoms with Gasteiger partial charge in [0.1, 0.15) is 0 Å². The van der Waals surface area contributed by atoms with Gasteiger partial charge in [0, 0.05) is 6.54 Å². The van der Waals surface area contributed by atoms with Crippen LogP contribution >= 0.6 is 0 Å². The molecule has 1 aromatic rings. The zero-order valence-corrected chi connectivity index (χ0v) is 10.8. The molecule has 5 nitrogen and oxygen atoms in total. The van der Waals surface area contributed by atoms with E-state index in [-0.39, 0.29) is 0 Å². The predicted molar refractivity (Wildman–Crippen MR) is 72.8 cm³/mol. The van der Waals surface area contributed by atoms with Gasteiger partial charge < -0.3 is 15.7 Å². The lowest BCUT2D eigenvalue weighted by Crippen LogP contribution is -2.53. The van der Waals surface area contributed by atoms with E-state index in [0.717, 1.165) is 0 Å². The Morgan fingerprint density at radius 2 is 2.00 bits per heavy atom. The average molecular weight is 262 g/mol. The summed E-state index contributed by atoms with van der Waals surface area (Å²) in [4.78, 5) is 23.1. The van der Waals surface area contributed by atoms with Gasteiger partial charge in [-0.2, -0.15) is 0 Å². The third-order valence-corrected chi connectivity index (χ3v) is 2.78. The van der Waals surface area contributed by atoms with E-state index >= 15 is 0 Å². The number of aliphatic carboxylic acids is 1. The molecule has 0 radical (unpaired) electrons. The molecule has 0 saturated heterocycles. The van der Waals surface area contributed by atoms with Crippen molar-refractivity contribution < 1.29 is 14.7 Å². The molecule has 102 valence electrons. The van der Waals surface area contributed by atoms with E-state index in [1.807, 2.05) is 0 Å². The lowest BCUT2D eigenvalue weighted by atomic mass is 9.92. The van der Waals surface area contributed by atoms with Gasteiger partial charge in [0.25, 0.3) is 0 Å². The highest BCUT2D eigenvalue weighted by Gasteiger charge is 2.36. The molecule has 5 heteroatoms. The maximum Gasteiger partial charge on any atom is 0.333 e. The molecule has 0 aromatic heterocycles. The van der Waals surface area contributed by atoms with Crippen LogP contribution in [0.5, 0.6) is 0 Å². The molecule has 2 amide bonds. The molecule has 0 spiro atoms. The molecule has 0 heterocycles. The monoisotopic (exact) mass is 262 g/mol. The number of nitrogens with one attached hydrogen (secondary N) is 2. The number of hydrogen-bond acceptors (Lipinski definition) is 2. The molecule has 1 atom stereocenters. The van der Waals surface area contributed by atoms with Crippen molar-refractivity contribution in [2.24, 2.45) is 0 Å². The van der Waals surface area contributed by atoms with E-state index < -0.39 is 17.5 Å². The molecule has 0 fully saturated rings. The standard InChI is InChI=1S/C14H18N2O3/c1-3-4-10-15-13(19)16-14(2,12(17)18)11-8-6-5-7-9-11/h3,5-9H,1,4,10H2,2H3,(H,17,18)(H2,15,16,19). The number of carbonyl (C=O) groups excluding carboxylic acids is 1. The molecule has 0 bridgehead atoms. The Kier molecular flexibility index (Phi) is 5.11. The van der Waals surface area contributed by atoms with Crippen molar-refractivity contribution in [3.63, 3.8) is 0 Å². The number of amides is 2. The quantitative estimate of drug-likeness (QED) is 0.541. The summed E-state index contributed by atoms with van der Waals surface area (Å²) in [6.45, 7) is 5.41. The summed E-state index contributed by atoms with van der Waals surface area (Å²) in [5.74, 6) is -1.11. The van der Waals surface area contributed by atoms with Crippen LogP contribution in [0.4, 0.5) is 4.79 Å². The number of carboxylic acid groups (broad SMARTS) is 1. The van der Waals surface area contributed by atoms with Crippen molar-refractivity contribution in [1.82, 2.24) is 10.6 Å². The van der Waals surface area contributed by atoms with E-state index in [0.29, 0.717) is 18.5 Å². The van der Waals surface area contributed by atoms with Crippen LogP contribution in [0, 0.1) is 0 Å². The van der Waals surface area contributed by atoms with Crippen LogP contribution < -0.4 is 10.6 Å². The fraction of sp³-hybridized carbons (Fsp3) is 0.286. The van der Waals surface area contributed by atoms with Gasteiger partial charge in [0.15, 0.2) is 5.54 Å². The van der Waals surface area contributed by atoms with E-state index in [4.69, 9.17) is 0 Å². The largest absolute Gasteiger partial charge is 0.479 e. The number of carboxylic acids is 1. The van der Waals surface area contributed by atoms with E-state index in [1.54, 1.807) is 36.4 Å². The van der Waals surface area contributed by atoms with Crippen LogP contribution in [0.25, 0.3) is 0 Å². The highest BCUT2D eigenvalue weighted by atomic mass is 16.4. The van der Waals surface area contributed by atoms with Gasteiger partial charge in [-0.3, -0.25) is 0 Å². The molecule has 0 aliphatic rings. The first kappa shape index (κ1) is 14.8. The zero-order chi connectivity index (χ0) is 14.3. The van der Waals surface area contributed by atoms with Crippen molar-refractivity contribution in [3.8, 4) is 0 Å². The first-order valence-corrected chi connectivity index (χ1v) is 5.96. The van der Waals surface area contributed by atoms with Gasteiger partial charge in [-0.1, -0.05) is 36.4 Å². The Morgan fingerprint density at radius 1 is 1.37 bits per heavy atom. The smallest absolute Gasteiger partial charge is 0.333 e. The number of rotatable bonds is 6. The molecular weight excluding hydrogens is 244 g/mol. The Morgan fingerprint density at radius 3 is 2.53 bits per heavy atom. The topological polar surface area (TPSA) is 78.4 Å². The minimum atomic E-state index is -1.46. The third-order valence-electron chi connectivity index (χ3n) is 2.78. The highest BCUT2D eigenvalue weighted by molar-refractivity contribution is 5.87. The summed E-state index contributed by atoms with van der Waals surface area (Å²) >= 11 is 0. The summed E-state index contributed by atoms with van der Waals surface area (Å²) in [6.07, 6.45) is 2.30. The number of urea groups is 1. The van der Waals surface area contributed by atoms with Crippen molar-refractivity contribution in [2.75, 3.05) is 6.54 Å². The molecule has 1 unspecified atom stereocenters. The molecule has 19 heavy (non-hydrogen) atoms. The number of hydrogen-bond donors (Lipinski definition) is 3. The Labute approximate surface area is 112 Å². The van der Waals surface area contributed by atoms with E-state index in [9.17, 15) is 14.7 Å². The number of benzene rings is 1. The maximum atomic E-state index is 11.7. The molecule has 0 aliphatic heterocycles. The van der Waals surface area contributed by atoms with Crippen LogP contribution in [0.1, 0.15) is 18.9 Å². The molecular formula is C14H18N2O3. The SMILES string of the molecule is C=CCCNC(=O)NC(C)(C(=O)O)c1ccccc1. The summed E-state index contributed by atoms with van der Waals surface area (Å²) < 4.78 is 0. The maximum absolute atomic E-state index is 11.7. The third kappa shape index (κ3) is 3.84. The Hall–Kier alpha value is -2.30. The van der Waals surface area contributed by atoms with Crippen LogP contribution in [0.15, 0.2) is 43.0 Å². The highest BCUT2D eigenvalue weighted by Crippen LogP contribution is 2.20. The van der Waals surface area contributed by atoms with Gasteiger partial charge in [0.2, 0.25) is 0 Å². The molecule has 0 aliphatic carbocycles. The van der Waals surface area contributed by atoms with Crippen LogP contribution in [0.3, 0.4) is 0 Å². The first-order valence-electron chi connectivity index (χ1n) is 5.96. The molecule has 3 N–H and O–H groups in total. The van der Waals surface area contributed by atoms with Gasteiger partial charge >= 0.3 is 12.0 Å². The zero-order valence-electron chi connectivity index (χ0n) is 10.8. The fourth-order valence-electron chi connectivity index (χ4n) is 1.58. The second-order valence-electron chi connectivity index (χ2n) is 4.25. The fourth-order valence-corrected chi connectivity index (χ4v) is 1.58.